The highest BCUT2D eigenvalue weighted by atomic mass is 127. The summed E-state index contributed by atoms with van der Waals surface area (Å²) in [5, 5.41) is 0. The Kier molecular flexibility index (Phi) is 1.83. The first-order chi connectivity index (χ1) is 3.41. The molecule has 0 N–H and O–H groups in total. The minimum atomic E-state index is -2.60. The normalized spacial score (nSPS) is 31.2. The summed E-state index contributed by atoms with van der Waals surface area (Å²) in [7, 11) is -2.60. The van der Waals surface area contributed by atoms with E-state index in [1.807, 2.05) is 0 Å². The maximum absolute atomic E-state index is 10.5. The summed E-state index contributed by atoms with van der Waals surface area (Å²) in [5.74, 6) is 0.697. The van der Waals surface area contributed by atoms with Crippen molar-refractivity contribution in [2.24, 2.45) is 0 Å². The molecule has 8 heavy (non-hydrogen) atoms. The number of alkyl halides is 2. The van der Waals surface area contributed by atoms with Gasteiger partial charge in [0.25, 0.3) is 0 Å². The van der Waals surface area contributed by atoms with Gasteiger partial charge in [0, 0.05) is 0 Å². The summed E-state index contributed by atoms with van der Waals surface area (Å²) >= 11 is 4.32. The molecular weight excluding hydrogens is 354 g/mol. The molecule has 0 unspecified atom stereocenters. The smallest absolute Gasteiger partial charge is 0.154 e. The fraction of sp³-hybridized carbons (Fsp3) is 1.00. The first-order valence-corrected chi connectivity index (χ1v) is 5.97. The molecule has 0 saturated carbocycles. The molecule has 1 aliphatic rings. The summed E-state index contributed by atoms with van der Waals surface area (Å²) in [6.07, 6.45) is 0. The monoisotopic (exact) mass is 358 g/mol. The zero-order valence-electron chi connectivity index (χ0n) is 3.89. The predicted octanol–water partition coefficient (Wildman–Crippen LogP) is 0.981. The molecule has 0 aromatic carbocycles. The van der Waals surface area contributed by atoms with Crippen LogP contribution in [0.2, 0.25) is 0 Å². The minimum absolute atomic E-state index is 0.00829. The maximum atomic E-state index is 10.5. The van der Waals surface area contributed by atoms with Crippen LogP contribution in [0.15, 0.2) is 0 Å². The second-order valence-electron chi connectivity index (χ2n) is 1.89. The van der Waals surface area contributed by atoms with E-state index in [0.29, 0.717) is 11.5 Å². The van der Waals surface area contributed by atoms with E-state index in [-0.39, 0.29) is 1.43 Å². The van der Waals surface area contributed by atoms with Gasteiger partial charge in [-0.1, -0.05) is 45.2 Å². The molecule has 1 heterocycles. The zero-order valence-corrected chi connectivity index (χ0v) is 9.03. The average molecular weight is 358 g/mol. The third kappa shape index (κ3) is 1.69. The number of rotatable bonds is 0. The first kappa shape index (κ1) is 7.52. The number of hydrogen-bond donors (Lipinski definition) is 0. The molecule has 5 heteroatoms. The highest BCUT2D eigenvalue weighted by molar-refractivity contribution is 14.2. The molecule has 0 radical (unpaired) electrons. The molecule has 0 spiro atoms. The lowest BCUT2D eigenvalue weighted by Crippen LogP contribution is -2.44. The van der Waals surface area contributed by atoms with Gasteiger partial charge in [0.05, 0.1) is 11.5 Å². The van der Waals surface area contributed by atoms with E-state index in [0.717, 1.165) is 0 Å². The van der Waals surface area contributed by atoms with Crippen molar-refractivity contribution in [1.82, 2.24) is 0 Å². The second-order valence-corrected chi connectivity index (χ2v) is 10.1. The Hall–Kier alpha value is 1.41. The lowest BCUT2D eigenvalue weighted by molar-refractivity contribution is 0.582. The van der Waals surface area contributed by atoms with Gasteiger partial charge in [-0.3, -0.25) is 0 Å². The van der Waals surface area contributed by atoms with E-state index >= 15 is 0 Å². The van der Waals surface area contributed by atoms with E-state index in [1.165, 1.54) is 0 Å². The van der Waals surface area contributed by atoms with Crippen LogP contribution < -0.4 is 0 Å². The van der Waals surface area contributed by atoms with Crippen LogP contribution in [0.5, 0.6) is 0 Å². The molecule has 0 bridgehead atoms. The molecule has 1 fully saturated rings. The van der Waals surface area contributed by atoms with Crippen molar-refractivity contribution in [2.75, 3.05) is 11.5 Å². The van der Waals surface area contributed by atoms with Crippen LogP contribution in [-0.4, -0.2) is 21.4 Å². The quantitative estimate of drug-likeness (QED) is 0.478. The summed E-state index contributed by atoms with van der Waals surface area (Å²) in [4.78, 5) is 0. The van der Waals surface area contributed by atoms with E-state index in [2.05, 4.69) is 45.2 Å². The molecule has 2 nitrogen and oxygen atoms in total. The summed E-state index contributed by atoms with van der Waals surface area (Å²) < 4.78 is 21.0. The van der Waals surface area contributed by atoms with Crippen molar-refractivity contribution >= 4 is 55.0 Å². The Morgan fingerprint density at radius 3 is 1.62 bits per heavy atom. The highest BCUT2D eigenvalue weighted by Gasteiger charge is 2.44. The Balaban J connectivity index is 2.68. The lowest BCUT2D eigenvalue weighted by Gasteiger charge is -2.29. The Morgan fingerprint density at radius 1 is 1.25 bits per heavy atom. The fourth-order valence-corrected chi connectivity index (χ4v) is 7.50. The van der Waals surface area contributed by atoms with Gasteiger partial charge < -0.3 is 0 Å². The SMILES string of the molecule is O=S1(=O)CC(I)(I)C1. The average Bonchev–Trinajstić information content (AvgIpc) is 1.20. The number of hydrogen-bond acceptors (Lipinski definition) is 2. The minimum Gasteiger partial charge on any atom is -0.229 e. The second kappa shape index (κ2) is 1.94. The van der Waals surface area contributed by atoms with E-state index in [9.17, 15) is 8.42 Å². The summed E-state index contributed by atoms with van der Waals surface area (Å²) in [6, 6.07) is 0. The highest BCUT2D eigenvalue weighted by Crippen LogP contribution is 2.39. The van der Waals surface area contributed by atoms with Crippen LogP contribution in [0.25, 0.3) is 0 Å². The third-order valence-electron chi connectivity index (χ3n) is 0.862. The summed E-state index contributed by atoms with van der Waals surface area (Å²) in [5.41, 5.74) is 0. The topological polar surface area (TPSA) is 34.1 Å². The van der Waals surface area contributed by atoms with E-state index in [1.54, 1.807) is 0 Å². The van der Waals surface area contributed by atoms with Gasteiger partial charge in [-0.05, 0) is 0 Å². The number of halogens is 2. The van der Waals surface area contributed by atoms with Crippen molar-refractivity contribution in [2.45, 2.75) is 1.43 Å². The van der Waals surface area contributed by atoms with Crippen molar-refractivity contribution < 1.29 is 8.42 Å². The van der Waals surface area contributed by atoms with Crippen LogP contribution in [0.3, 0.4) is 0 Å². The van der Waals surface area contributed by atoms with Crippen LogP contribution >= 0.6 is 45.2 Å². The van der Waals surface area contributed by atoms with Crippen molar-refractivity contribution in [3.63, 3.8) is 0 Å². The van der Waals surface area contributed by atoms with Gasteiger partial charge in [-0.2, -0.15) is 0 Å². The largest absolute Gasteiger partial charge is 0.229 e. The number of sulfone groups is 1. The van der Waals surface area contributed by atoms with Gasteiger partial charge in [0.1, 0.15) is 1.43 Å². The third-order valence-corrected chi connectivity index (χ3v) is 6.32. The molecule has 0 amide bonds. The molecule has 1 rings (SSSR count). The Bertz CT molecular complexity index is 179. The lowest BCUT2D eigenvalue weighted by atomic mass is 10.5. The summed E-state index contributed by atoms with van der Waals surface area (Å²) in [6.45, 7) is 0. The van der Waals surface area contributed by atoms with Gasteiger partial charge >= 0.3 is 0 Å². The zero-order chi connectivity index (χ0) is 6.41. The van der Waals surface area contributed by atoms with E-state index < -0.39 is 9.84 Å². The van der Waals surface area contributed by atoms with Crippen molar-refractivity contribution in [3.05, 3.63) is 0 Å². The first-order valence-electron chi connectivity index (χ1n) is 2.00. The van der Waals surface area contributed by atoms with Crippen LogP contribution in [0.1, 0.15) is 0 Å². The Labute approximate surface area is 75.6 Å². The van der Waals surface area contributed by atoms with Gasteiger partial charge in [-0.25, -0.2) is 8.42 Å². The molecule has 1 aliphatic heterocycles. The fourth-order valence-electron chi connectivity index (χ4n) is 0.601. The standard InChI is InChI=1S/C3H4I2O2S/c4-3(5)1-8(6,7)2-3/h1-2H2. The molecule has 0 aromatic heterocycles. The van der Waals surface area contributed by atoms with Gasteiger partial charge in [0.2, 0.25) is 0 Å². The van der Waals surface area contributed by atoms with Crippen molar-refractivity contribution in [1.29, 1.82) is 0 Å². The van der Waals surface area contributed by atoms with Crippen molar-refractivity contribution in [3.8, 4) is 0 Å². The van der Waals surface area contributed by atoms with Crippen LogP contribution in [0, 0.1) is 0 Å². The molecular formula is C3H4I2O2S. The van der Waals surface area contributed by atoms with Gasteiger partial charge in [-0.15, -0.1) is 0 Å². The predicted molar refractivity (Wildman–Crippen MR) is 49.4 cm³/mol. The molecule has 48 valence electrons. The van der Waals surface area contributed by atoms with Crippen LogP contribution in [-0.2, 0) is 9.84 Å². The van der Waals surface area contributed by atoms with E-state index in [4.69, 9.17) is 0 Å². The maximum Gasteiger partial charge on any atom is 0.154 e. The molecule has 1 saturated heterocycles. The molecule has 0 aliphatic carbocycles. The molecule has 0 aromatic rings. The van der Waals surface area contributed by atoms with Crippen LogP contribution in [0.4, 0.5) is 0 Å². The molecule has 0 atom stereocenters. The van der Waals surface area contributed by atoms with Gasteiger partial charge in [0.15, 0.2) is 9.84 Å². The Morgan fingerprint density at radius 2 is 1.62 bits per heavy atom.